The number of rotatable bonds is 2. The second-order valence-corrected chi connectivity index (χ2v) is 6.29. The van der Waals surface area contributed by atoms with Crippen molar-refractivity contribution in [2.45, 2.75) is 26.2 Å². The van der Waals surface area contributed by atoms with Crippen LogP contribution in [0.15, 0.2) is 41.3 Å². The second-order valence-electron chi connectivity index (χ2n) is 5.47. The van der Waals surface area contributed by atoms with E-state index in [0.717, 1.165) is 5.56 Å². The summed E-state index contributed by atoms with van der Waals surface area (Å²) in [7, 11) is 0. The average Bonchev–Trinajstić information content (AvgIpc) is 2.40. The second kappa shape index (κ2) is 5.71. The van der Waals surface area contributed by atoms with Gasteiger partial charge in [-0.05, 0) is 33.0 Å². The molecule has 1 N–H and O–H groups in total. The standard InChI is InChI=1S/C15H16BrN3O/c1-15(2,3)11-7-5-4-6-10(11)14(20)19-13-9-17-12(16)8-18-13/h4-9H,1-3H3,(H,18,19,20). The Balaban J connectivity index is 2.28. The summed E-state index contributed by atoms with van der Waals surface area (Å²) in [5.74, 6) is 0.258. The van der Waals surface area contributed by atoms with Crippen LogP contribution >= 0.6 is 15.9 Å². The van der Waals surface area contributed by atoms with Gasteiger partial charge in [0.05, 0.1) is 12.4 Å². The van der Waals surface area contributed by atoms with Crippen molar-refractivity contribution in [3.63, 3.8) is 0 Å². The number of amides is 1. The third kappa shape index (κ3) is 3.42. The summed E-state index contributed by atoms with van der Waals surface area (Å²) in [6, 6.07) is 7.60. The van der Waals surface area contributed by atoms with Gasteiger partial charge in [-0.3, -0.25) is 4.79 Å². The van der Waals surface area contributed by atoms with E-state index in [9.17, 15) is 4.79 Å². The van der Waals surface area contributed by atoms with Crippen LogP contribution in [0, 0.1) is 0 Å². The highest BCUT2D eigenvalue weighted by atomic mass is 79.9. The molecule has 4 nitrogen and oxygen atoms in total. The van der Waals surface area contributed by atoms with Gasteiger partial charge >= 0.3 is 0 Å². The molecule has 0 bridgehead atoms. The zero-order valence-corrected chi connectivity index (χ0v) is 13.2. The predicted molar refractivity (Wildman–Crippen MR) is 82.8 cm³/mol. The molecule has 0 aliphatic rings. The lowest BCUT2D eigenvalue weighted by atomic mass is 9.83. The van der Waals surface area contributed by atoms with E-state index < -0.39 is 0 Å². The van der Waals surface area contributed by atoms with Crippen LogP contribution < -0.4 is 5.32 Å². The molecular weight excluding hydrogens is 318 g/mol. The van der Waals surface area contributed by atoms with Crippen molar-refractivity contribution < 1.29 is 4.79 Å². The lowest BCUT2D eigenvalue weighted by Gasteiger charge is -2.22. The first-order chi connectivity index (χ1) is 9.38. The van der Waals surface area contributed by atoms with E-state index >= 15 is 0 Å². The Kier molecular flexibility index (Phi) is 4.18. The third-order valence-corrected chi connectivity index (χ3v) is 3.25. The first-order valence-corrected chi connectivity index (χ1v) is 7.05. The highest BCUT2D eigenvalue weighted by Crippen LogP contribution is 2.26. The Labute approximate surface area is 126 Å². The number of aromatic nitrogens is 2. The summed E-state index contributed by atoms with van der Waals surface area (Å²) in [6.07, 6.45) is 3.06. The molecule has 0 aliphatic carbocycles. The lowest BCUT2D eigenvalue weighted by Crippen LogP contribution is -2.21. The Hall–Kier alpha value is -1.75. The molecule has 20 heavy (non-hydrogen) atoms. The summed E-state index contributed by atoms with van der Waals surface area (Å²) >= 11 is 3.21. The fourth-order valence-electron chi connectivity index (χ4n) is 1.90. The molecule has 0 spiro atoms. The quantitative estimate of drug-likeness (QED) is 0.909. The number of halogens is 1. The largest absolute Gasteiger partial charge is 0.305 e. The van der Waals surface area contributed by atoms with E-state index in [0.29, 0.717) is 16.0 Å². The molecule has 2 aromatic rings. The van der Waals surface area contributed by atoms with E-state index in [1.54, 1.807) is 6.20 Å². The van der Waals surface area contributed by atoms with E-state index in [4.69, 9.17) is 0 Å². The Morgan fingerprint density at radius 1 is 1.15 bits per heavy atom. The molecule has 1 aromatic heterocycles. The SMILES string of the molecule is CC(C)(C)c1ccccc1C(=O)Nc1cnc(Br)cn1. The van der Waals surface area contributed by atoms with Crippen molar-refractivity contribution in [1.29, 1.82) is 0 Å². The smallest absolute Gasteiger partial charge is 0.257 e. The van der Waals surface area contributed by atoms with Gasteiger partial charge in [0.1, 0.15) is 4.60 Å². The maximum atomic E-state index is 12.4. The molecule has 0 unspecified atom stereocenters. The van der Waals surface area contributed by atoms with Gasteiger partial charge in [-0.2, -0.15) is 0 Å². The Morgan fingerprint density at radius 3 is 2.45 bits per heavy atom. The molecule has 0 fully saturated rings. The highest BCUT2D eigenvalue weighted by Gasteiger charge is 2.21. The molecule has 0 aliphatic heterocycles. The monoisotopic (exact) mass is 333 g/mol. The van der Waals surface area contributed by atoms with Crippen LogP contribution in [0.25, 0.3) is 0 Å². The fourth-order valence-corrected chi connectivity index (χ4v) is 2.10. The average molecular weight is 334 g/mol. The first kappa shape index (κ1) is 14.7. The van der Waals surface area contributed by atoms with Crippen molar-refractivity contribution >= 4 is 27.7 Å². The zero-order chi connectivity index (χ0) is 14.8. The van der Waals surface area contributed by atoms with E-state index in [1.807, 2.05) is 24.3 Å². The predicted octanol–water partition coefficient (Wildman–Crippen LogP) is 3.79. The number of anilines is 1. The van der Waals surface area contributed by atoms with Crippen LogP contribution in [0.3, 0.4) is 0 Å². The summed E-state index contributed by atoms with van der Waals surface area (Å²) in [6.45, 7) is 6.25. The topological polar surface area (TPSA) is 54.9 Å². The number of carbonyl (C=O) groups is 1. The minimum absolute atomic E-state index is 0.0979. The van der Waals surface area contributed by atoms with E-state index in [1.165, 1.54) is 6.20 Å². The summed E-state index contributed by atoms with van der Waals surface area (Å²) in [4.78, 5) is 20.5. The van der Waals surface area contributed by atoms with Crippen LogP contribution in [-0.2, 0) is 5.41 Å². The van der Waals surface area contributed by atoms with Crippen molar-refractivity contribution in [2.75, 3.05) is 5.32 Å². The normalized spacial score (nSPS) is 11.2. The van der Waals surface area contributed by atoms with Gasteiger partial charge in [0, 0.05) is 5.56 Å². The minimum Gasteiger partial charge on any atom is -0.305 e. The molecule has 104 valence electrons. The molecule has 0 saturated heterocycles. The van der Waals surface area contributed by atoms with Crippen LogP contribution in [0.1, 0.15) is 36.7 Å². The molecular formula is C15H16BrN3O. The molecule has 0 radical (unpaired) electrons. The number of hydrogen-bond acceptors (Lipinski definition) is 3. The van der Waals surface area contributed by atoms with Gasteiger partial charge in [-0.25, -0.2) is 9.97 Å². The molecule has 1 aromatic carbocycles. The molecule has 1 heterocycles. The minimum atomic E-state index is -0.174. The van der Waals surface area contributed by atoms with Gasteiger partial charge in [0.15, 0.2) is 5.82 Å². The van der Waals surface area contributed by atoms with Gasteiger partial charge in [0.25, 0.3) is 5.91 Å². The van der Waals surface area contributed by atoms with Crippen LogP contribution in [0.5, 0.6) is 0 Å². The lowest BCUT2D eigenvalue weighted by molar-refractivity contribution is 0.102. The summed E-state index contributed by atoms with van der Waals surface area (Å²) in [5.41, 5.74) is 1.56. The van der Waals surface area contributed by atoms with E-state index in [-0.39, 0.29) is 11.3 Å². The van der Waals surface area contributed by atoms with Gasteiger partial charge in [-0.1, -0.05) is 39.0 Å². The van der Waals surface area contributed by atoms with Crippen molar-refractivity contribution in [3.8, 4) is 0 Å². The van der Waals surface area contributed by atoms with Crippen molar-refractivity contribution in [3.05, 3.63) is 52.4 Å². The third-order valence-electron chi connectivity index (χ3n) is 2.84. The Bertz CT molecular complexity index is 618. The summed E-state index contributed by atoms with van der Waals surface area (Å²) < 4.78 is 0.630. The molecule has 2 rings (SSSR count). The summed E-state index contributed by atoms with van der Waals surface area (Å²) in [5, 5.41) is 2.76. The fraction of sp³-hybridized carbons (Fsp3) is 0.267. The van der Waals surface area contributed by atoms with Crippen LogP contribution in [0.2, 0.25) is 0 Å². The molecule has 5 heteroatoms. The van der Waals surface area contributed by atoms with Crippen molar-refractivity contribution in [2.24, 2.45) is 0 Å². The Morgan fingerprint density at radius 2 is 1.85 bits per heavy atom. The van der Waals surface area contributed by atoms with E-state index in [2.05, 4.69) is 52.0 Å². The first-order valence-electron chi connectivity index (χ1n) is 6.26. The van der Waals surface area contributed by atoms with Crippen molar-refractivity contribution in [1.82, 2.24) is 9.97 Å². The maximum Gasteiger partial charge on any atom is 0.257 e. The van der Waals surface area contributed by atoms with Gasteiger partial charge in [-0.15, -0.1) is 0 Å². The number of nitrogens with zero attached hydrogens (tertiary/aromatic N) is 2. The molecule has 0 atom stereocenters. The van der Waals surface area contributed by atoms with Gasteiger partial charge < -0.3 is 5.32 Å². The molecule has 1 amide bonds. The maximum absolute atomic E-state index is 12.4. The van der Waals surface area contributed by atoms with Gasteiger partial charge in [0.2, 0.25) is 0 Å². The zero-order valence-electron chi connectivity index (χ0n) is 11.6. The highest BCUT2D eigenvalue weighted by molar-refractivity contribution is 9.10. The van der Waals surface area contributed by atoms with Crippen LogP contribution in [-0.4, -0.2) is 15.9 Å². The molecule has 0 saturated carbocycles. The number of carbonyl (C=O) groups excluding carboxylic acids is 1. The number of hydrogen-bond donors (Lipinski definition) is 1. The van der Waals surface area contributed by atoms with Crippen LogP contribution in [0.4, 0.5) is 5.82 Å². The number of benzene rings is 1. The number of nitrogens with one attached hydrogen (secondary N) is 1.